The molecule has 0 aliphatic carbocycles. The number of hydrogen-bond donors (Lipinski definition) is 1. The van der Waals surface area contributed by atoms with E-state index in [0.29, 0.717) is 23.5 Å². The first-order chi connectivity index (χ1) is 10.8. The van der Waals surface area contributed by atoms with Gasteiger partial charge < -0.3 is 14.6 Å². The number of rotatable bonds is 3. The lowest BCUT2D eigenvalue weighted by Crippen LogP contribution is -2.17. The number of benzene rings is 2. The molecule has 0 spiro atoms. The van der Waals surface area contributed by atoms with Gasteiger partial charge in [-0.2, -0.15) is 0 Å². The van der Waals surface area contributed by atoms with Gasteiger partial charge in [-0.05, 0) is 35.4 Å². The second-order valence-electron chi connectivity index (χ2n) is 5.10. The molecule has 0 radical (unpaired) electrons. The van der Waals surface area contributed by atoms with Crippen molar-refractivity contribution in [1.82, 2.24) is 0 Å². The van der Waals surface area contributed by atoms with Crippen LogP contribution in [0.2, 0.25) is 0 Å². The van der Waals surface area contributed by atoms with Gasteiger partial charge in [0.2, 0.25) is 0 Å². The van der Waals surface area contributed by atoms with Crippen molar-refractivity contribution < 1.29 is 27.8 Å². The zero-order valence-corrected chi connectivity index (χ0v) is 13.3. The fourth-order valence-electron chi connectivity index (χ4n) is 2.53. The number of fused-ring (bicyclic) bond motifs is 1. The summed E-state index contributed by atoms with van der Waals surface area (Å²) in [5.41, 5.74) is 2.03. The zero-order valence-electron chi connectivity index (χ0n) is 11.7. The topological polar surface area (TPSA) is 38.7 Å². The van der Waals surface area contributed by atoms with E-state index in [1.165, 1.54) is 24.3 Å². The molecule has 7 heteroatoms. The van der Waals surface area contributed by atoms with E-state index in [1.54, 1.807) is 6.07 Å². The van der Waals surface area contributed by atoms with Crippen LogP contribution in [0.3, 0.4) is 0 Å². The summed E-state index contributed by atoms with van der Waals surface area (Å²) in [5.74, 6) is 0.306. The number of alkyl halides is 3. The monoisotopic (exact) mass is 388 g/mol. The molecule has 0 fully saturated rings. The first-order valence-corrected chi connectivity index (χ1v) is 7.62. The van der Waals surface area contributed by atoms with Crippen molar-refractivity contribution in [3.05, 3.63) is 57.6 Å². The van der Waals surface area contributed by atoms with Crippen molar-refractivity contribution in [3.63, 3.8) is 0 Å². The summed E-state index contributed by atoms with van der Waals surface area (Å²) in [7, 11) is 0. The van der Waals surface area contributed by atoms with E-state index in [9.17, 15) is 18.3 Å². The van der Waals surface area contributed by atoms with Gasteiger partial charge >= 0.3 is 6.36 Å². The number of aliphatic hydroxyl groups excluding tert-OH is 1. The molecule has 122 valence electrons. The van der Waals surface area contributed by atoms with E-state index in [2.05, 4.69) is 20.7 Å². The molecule has 2 aromatic rings. The Labute approximate surface area is 138 Å². The molecule has 1 atom stereocenters. The van der Waals surface area contributed by atoms with Gasteiger partial charge in [-0.3, -0.25) is 0 Å². The molecule has 1 N–H and O–H groups in total. The lowest BCUT2D eigenvalue weighted by molar-refractivity contribution is -0.274. The van der Waals surface area contributed by atoms with Crippen molar-refractivity contribution in [2.75, 3.05) is 6.61 Å². The second-order valence-corrected chi connectivity index (χ2v) is 6.02. The fourth-order valence-corrected chi connectivity index (χ4v) is 3.06. The van der Waals surface area contributed by atoms with Crippen LogP contribution in [0.1, 0.15) is 22.8 Å². The van der Waals surface area contributed by atoms with E-state index in [0.717, 1.165) is 16.5 Å². The summed E-state index contributed by atoms with van der Waals surface area (Å²) in [6.07, 6.45) is -4.98. The molecule has 23 heavy (non-hydrogen) atoms. The summed E-state index contributed by atoms with van der Waals surface area (Å²) in [4.78, 5) is 0. The second kappa shape index (κ2) is 6.05. The maximum atomic E-state index is 12.2. The van der Waals surface area contributed by atoms with Gasteiger partial charge in [0.1, 0.15) is 17.6 Å². The molecule has 1 unspecified atom stereocenters. The highest BCUT2D eigenvalue weighted by Crippen LogP contribution is 2.39. The van der Waals surface area contributed by atoms with Gasteiger partial charge in [0.15, 0.2) is 0 Å². The number of ether oxygens (including phenoxy) is 2. The minimum absolute atomic E-state index is 0.329. The van der Waals surface area contributed by atoms with E-state index >= 15 is 0 Å². The highest BCUT2D eigenvalue weighted by molar-refractivity contribution is 9.10. The average Bonchev–Trinajstić information content (AvgIpc) is 2.93. The quantitative estimate of drug-likeness (QED) is 0.848. The van der Waals surface area contributed by atoms with Crippen molar-refractivity contribution >= 4 is 15.9 Å². The Morgan fingerprint density at radius 3 is 2.52 bits per heavy atom. The normalized spacial score (nSPS) is 15.0. The van der Waals surface area contributed by atoms with Crippen molar-refractivity contribution in [2.45, 2.75) is 18.9 Å². The standard InChI is InChI=1S/C16H12BrF3O3/c17-11-7-10-5-6-22-15(10)13(8-11)14(21)9-1-3-12(4-2-9)23-16(18,19)20/h1-4,7-8,14,21H,5-6H2. The van der Waals surface area contributed by atoms with Crippen LogP contribution in [0.5, 0.6) is 11.5 Å². The Morgan fingerprint density at radius 2 is 1.87 bits per heavy atom. The summed E-state index contributed by atoms with van der Waals surface area (Å²) < 4.78 is 46.7. The van der Waals surface area contributed by atoms with Crippen molar-refractivity contribution in [2.24, 2.45) is 0 Å². The third-order valence-electron chi connectivity index (χ3n) is 3.50. The molecule has 3 rings (SSSR count). The molecule has 1 aliphatic rings. The first-order valence-electron chi connectivity index (χ1n) is 6.82. The highest BCUT2D eigenvalue weighted by atomic mass is 79.9. The van der Waals surface area contributed by atoms with Gasteiger partial charge in [-0.1, -0.05) is 28.1 Å². The highest BCUT2D eigenvalue weighted by Gasteiger charge is 2.31. The summed E-state index contributed by atoms with van der Waals surface area (Å²) in [6, 6.07) is 8.81. The Hall–Kier alpha value is -1.73. The molecule has 0 saturated carbocycles. The van der Waals surface area contributed by atoms with Gasteiger partial charge in [0, 0.05) is 16.5 Å². The SMILES string of the molecule is OC(c1ccc(OC(F)(F)F)cc1)c1cc(Br)cc2c1OCC2. The number of halogens is 4. The van der Waals surface area contributed by atoms with Crippen LogP contribution in [-0.2, 0) is 6.42 Å². The van der Waals surface area contributed by atoms with E-state index < -0.39 is 12.5 Å². The average molecular weight is 389 g/mol. The van der Waals surface area contributed by atoms with Crippen LogP contribution in [0, 0.1) is 0 Å². The maximum absolute atomic E-state index is 12.2. The van der Waals surface area contributed by atoms with Crippen molar-refractivity contribution in [3.8, 4) is 11.5 Å². The molecule has 0 saturated heterocycles. The van der Waals surface area contributed by atoms with Crippen LogP contribution in [0.4, 0.5) is 13.2 Å². The summed E-state index contributed by atoms with van der Waals surface area (Å²) in [5, 5.41) is 10.5. The molecular weight excluding hydrogens is 377 g/mol. The lowest BCUT2D eigenvalue weighted by atomic mass is 9.98. The Kier molecular flexibility index (Phi) is 4.25. The molecule has 0 bridgehead atoms. The smallest absolute Gasteiger partial charge is 0.493 e. The Balaban J connectivity index is 1.88. The van der Waals surface area contributed by atoms with Crippen LogP contribution in [0.15, 0.2) is 40.9 Å². The van der Waals surface area contributed by atoms with E-state index in [1.807, 2.05) is 6.07 Å². The van der Waals surface area contributed by atoms with Crippen LogP contribution < -0.4 is 9.47 Å². The molecular formula is C16H12BrF3O3. The largest absolute Gasteiger partial charge is 0.573 e. The lowest BCUT2D eigenvalue weighted by Gasteiger charge is -2.16. The van der Waals surface area contributed by atoms with Gasteiger partial charge in [0.05, 0.1) is 6.61 Å². The molecule has 2 aromatic carbocycles. The van der Waals surface area contributed by atoms with Crippen LogP contribution in [-0.4, -0.2) is 18.1 Å². The third-order valence-corrected chi connectivity index (χ3v) is 3.96. The predicted octanol–water partition coefficient (Wildman–Crippen LogP) is 4.36. The molecule has 1 heterocycles. The van der Waals surface area contributed by atoms with Crippen LogP contribution >= 0.6 is 15.9 Å². The van der Waals surface area contributed by atoms with E-state index in [-0.39, 0.29) is 5.75 Å². The predicted molar refractivity (Wildman–Crippen MR) is 80.5 cm³/mol. The molecule has 1 aliphatic heterocycles. The zero-order chi connectivity index (χ0) is 16.6. The Bertz CT molecular complexity index is 714. The summed E-state index contributed by atoms with van der Waals surface area (Å²) >= 11 is 3.39. The van der Waals surface area contributed by atoms with Crippen molar-refractivity contribution in [1.29, 1.82) is 0 Å². The van der Waals surface area contributed by atoms with Crippen LogP contribution in [0.25, 0.3) is 0 Å². The van der Waals surface area contributed by atoms with Gasteiger partial charge in [0.25, 0.3) is 0 Å². The fraction of sp³-hybridized carbons (Fsp3) is 0.250. The van der Waals surface area contributed by atoms with Gasteiger partial charge in [-0.25, -0.2) is 0 Å². The number of hydrogen-bond acceptors (Lipinski definition) is 3. The maximum Gasteiger partial charge on any atom is 0.573 e. The Morgan fingerprint density at radius 1 is 1.17 bits per heavy atom. The minimum Gasteiger partial charge on any atom is -0.493 e. The first kappa shape index (κ1) is 16.1. The van der Waals surface area contributed by atoms with Gasteiger partial charge in [-0.15, -0.1) is 13.2 Å². The molecule has 0 amide bonds. The van der Waals surface area contributed by atoms with E-state index in [4.69, 9.17) is 4.74 Å². The molecule has 3 nitrogen and oxygen atoms in total. The number of aliphatic hydroxyl groups is 1. The molecule has 0 aromatic heterocycles. The third kappa shape index (κ3) is 3.61. The summed E-state index contributed by atoms with van der Waals surface area (Å²) in [6.45, 7) is 0.546. The minimum atomic E-state index is -4.74.